The molecule has 2 amide bonds. The fourth-order valence-electron chi connectivity index (χ4n) is 2.40. The van der Waals surface area contributed by atoms with Gasteiger partial charge in [-0.3, -0.25) is 25.0 Å². The van der Waals surface area contributed by atoms with Crippen molar-refractivity contribution >= 4 is 51.4 Å². The Bertz CT molecular complexity index is 1060. The molecule has 0 radical (unpaired) electrons. The van der Waals surface area contributed by atoms with E-state index in [-0.39, 0.29) is 33.6 Å². The lowest BCUT2D eigenvalue weighted by Crippen LogP contribution is -2.14. The molecule has 0 aliphatic rings. The minimum Gasteiger partial charge on any atom is -0.325 e. The topological polar surface area (TPSA) is 127 Å². The first kappa shape index (κ1) is 20.4. The largest absolute Gasteiger partial charge is 0.325 e. The SMILES string of the molecule is Cc1c(C(=O)Nc2nnc(SCC(=O)Nc3ccccc3)s2)cccc1[N+](=O)[O-]. The van der Waals surface area contributed by atoms with Crippen LogP contribution in [0.2, 0.25) is 0 Å². The number of aromatic nitrogens is 2. The van der Waals surface area contributed by atoms with Crippen LogP contribution in [0.4, 0.5) is 16.5 Å². The molecule has 1 aromatic heterocycles. The third-order valence-corrected chi connectivity index (χ3v) is 5.73. The first-order chi connectivity index (χ1) is 13.9. The number of nitrogens with zero attached hydrogens (tertiary/aromatic N) is 3. The fourth-order valence-corrected chi connectivity index (χ4v) is 3.94. The fraction of sp³-hybridized carbons (Fsp3) is 0.111. The van der Waals surface area contributed by atoms with Crippen LogP contribution in [-0.2, 0) is 4.79 Å². The van der Waals surface area contributed by atoms with Crippen molar-refractivity contribution in [2.45, 2.75) is 11.3 Å². The summed E-state index contributed by atoms with van der Waals surface area (Å²) < 4.78 is 0.513. The van der Waals surface area contributed by atoms with Gasteiger partial charge in [0.25, 0.3) is 11.6 Å². The highest BCUT2D eigenvalue weighted by atomic mass is 32.2. The smallest absolute Gasteiger partial charge is 0.273 e. The van der Waals surface area contributed by atoms with Crippen LogP contribution in [0, 0.1) is 17.0 Å². The summed E-state index contributed by atoms with van der Waals surface area (Å²) in [6, 6.07) is 13.4. The summed E-state index contributed by atoms with van der Waals surface area (Å²) in [4.78, 5) is 34.9. The molecule has 0 atom stereocenters. The van der Waals surface area contributed by atoms with Gasteiger partial charge in [0.2, 0.25) is 11.0 Å². The third-order valence-electron chi connectivity index (χ3n) is 3.76. The molecule has 3 aromatic rings. The van der Waals surface area contributed by atoms with Crippen molar-refractivity contribution in [3.63, 3.8) is 0 Å². The van der Waals surface area contributed by atoms with Crippen molar-refractivity contribution < 1.29 is 14.5 Å². The number of hydrogen-bond donors (Lipinski definition) is 2. The third kappa shape index (κ3) is 5.36. The molecule has 0 fully saturated rings. The van der Waals surface area contributed by atoms with Crippen LogP contribution in [0.3, 0.4) is 0 Å². The summed E-state index contributed by atoms with van der Waals surface area (Å²) in [7, 11) is 0. The van der Waals surface area contributed by atoms with Gasteiger partial charge in [-0.1, -0.05) is 47.4 Å². The van der Waals surface area contributed by atoms with Crippen LogP contribution in [-0.4, -0.2) is 32.7 Å². The molecule has 0 aliphatic carbocycles. The van der Waals surface area contributed by atoms with Gasteiger partial charge >= 0.3 is 0 Å². The summed E-state index contributed by atoms with van der Waals surface area (Å²) in [5, 5.41) is 24.4. The van der Waals surface area contributed by atoms with Gasteiger partial charge in [0.15, 0.2) is 4.34 Å². The van der Waals surface area contributed by atoms with E-state index in [4.69, 9.17) is 0 Å². The molecule has 0 saturated heterocycles. The van der Waals surface area contributed by atoms with Crippen LogP contribution in [0.15, 0.2) is 52.9 Å². The van der Waals surface area contributed by atoms with Gasteiger partial charge in [0.1, 0.15) is 0 Å². The number of rotatable bonds is 7. The Kier molecular flexibility index (Phi) is 6.52. The Morgan fingerprint density at radius 3 is 2.59 bits per heavy atom. The minimum absolute atomic E-state index is 0.129. The Balaban J connectivity index is 1.58. The highest BCUT2D eigenvalue weighted by molar-refractivity contribution is 8.01. The lowest BCUT2D eigenvalue weighted by Gasteiger charge is -2.05. The number of nitro benzene ring substituents is 1. The molecular weight excluding hydrogens is 414 g/mol. The van der Waals surface area contributed by atoms with E-state index in [9.17, 15) is 19.7 Å². The second-order valence-corrected chi connectivity index (χ2v) is 7.94. The molecule has 1 heterocycles. The normalized spacial score (nSPS) is 10.4. The second-order valence-electron chi connectivity index (χ2n) is 5.74. The Morgan fingerprint density at radius 1 is 1.10 bits per heavy atom. The van der Waals surface area contributed by atoms with Gasteiger partial charge in [0.05, 0.1) is 10.7 Å². The Morgan fingerprint density at radius 2 is 1.86 bits per heavy atom. The number of benzene rings is 2. The number of anilines is 2. The van der Waals surface area contributed by atoms with E-state index >= 15 is 0 Å². The van der Waals surface area contributed by atoms with Crippen LogP contribution < -0.4 is 10.6 Å². The summed E-state index contributed by atoms with van der Waals surface area (Å²) in [5.41, 5.74) is 1.03. The average Bonchev–Trinajstić information content (AvgIpc) is 3.14. The lowest BCUT2D eigenvalue weighted by molar-refractivity contribution is -0.385. The molecule has 2 N–H and O–H groups in total. The van der Waals surface area contributed by atoms with E-state index in [2.05, 4.69) is 20.8 Å². The minimum atomic E-state index is -0.535. The van der Waals surface area contributed by atoms with Gasteiger partial charge in [-0.05, 0) is 25.1 Å². The molecule has 0 spiro atoms. The molecule has 3 rings (SSSR count). The highest BCUT2D eigenvalue weighted by Crippen LogP contribution is 2.27. The maximum atomic E-state index is 12.4. The molecule has 148 valence electrons. The van der Waals surface area contributed by atoms with Crippen molar-refractivity contribution in [3.05, 3.63) is 69.8 Å². The zero-order chi connectivity index (χ0) is 20.8. The monoisotopic (exact) mass is 429 g/mol. The first-order valence-corrected chi connectivity index (χ1v) is 10.1. The summed E-state index contributed by atoms with van der Waals surface area (Å²) in [5.74, 6) is -0.559. The van der Waals surface area contributed by atoms with Crippen LogP contribution in [0.1, 0.15) is 15.9 Å². The second kappa shape index (κ2) is 9.26. The van der Waals surface area contributed by atoms with Crippen molar-refractivity contribution in [2.24, 2.45) is 0 Å². The molecule has 9 nitrogen and oxygen atoms in total. The number of thioether (sulfide) groups is 1. The van der Waals surface area contributed by atoms with Crippen molar-refractivity contribution in [1.29, 1.82) is 0 Å². The van der Waals surface area contributed by atoms with E-state index in [0.29, 0.717) is 10.0 Å². The van der Waals surface area contributed by atoms with E-state index < -0.39 is 10.8 Å². The maximum absolute atomic E-state index is 12.4. The zero-order valence-corrected chi connectivity index (χ0v) is 16.8. The molecule has 11 heteroatoms. The molecule has 29 heavy (non-hydrogen) atoms. The molecule has 0 bridgehead atoms. The average molecular weight is 429 g/mol. The predicted molar refractivity (Wildman–Crippen MR) is 111 cm³/mol. The number of nitro groups is 1. The summed E-state index contributed by atoms with van der Waals surface area (Å²) >= 11 is 2.31. The van der Waals surface area contributed by atoms with Gasteiger partial charge in [-0.25, -0.2) is 0 Å². The first-order valence-electron chi connectivity index (χ1n) is 8.30. The number of carbonyl (C=O) groups excluding carboxylic acids is 2. The van der Waals surface area contributed by atoms with Gasteiger partial charge in [-0.15, -0.1) is 10.2 Å². The number of nitrogens with one attached hydrogen (secondary N) is 2. The summed E-state index contributed by atoms with van der Waals surface area (Å²) in [6.45, 7) is 1.51. The maximum Gasteiger partial charge on any atom is 0.273 e. The number of hydrogen-bond acceptors (Lipinski definition) is 8. The zero-order valence-electron chi connectivity index (χ0n) is 15.1. The molecule has 0 unspecified atom stereocenters. The van der Waals surface area contributed by atoms with E-state index in [1.807, 2.05) is 18.2 Å². The van der Waals surface area contributed by atoms with Crippen molar-refractivity contribution in [2.75, 3.05) is 16.4 Å². The Labute approximate surface area is 173 Å². The lowest BCUT2D eigenvalue weighted by atomic mass is 10.1. The quantitative estimate of drug-likeness (QED) is 0.253. The van der Waals surface area contributed by atoms with Crippen LogP contribution in [0.5, 0.6) is 0 Å². The van der Waals surface area contributed by atoms with E-state index in [1.54, 1.807) is 12.1 Å². The van der Waals surface area contributed by atoms with Gasteiger partial charge in [-0.2, -0.15) is 0 Å². The predicted octanol–water partition coefficient (Wildman–Crippen LogP) is 3.74. The standard InChI is InChI=1S/C18H15N5O4S2/c1-11-13(8-5-9-14(11)23(26)27)16(25)20-17-21-22-18(29-17)28-10-15(24)19-12-6-3-2-4-7-12/h2-9H,10H2,1H3,(H,19,24)(H,20,21,25). The van der Waals surface area contributed by atoms with Crippen LogP contribution in [0.25, 0.3) is 0 Å². The van der Waals surface area contributed by atoms with E-state index in [0.717, 1.165) is 11.3 Å². The van der Waals surface area contributed by atoms with Crippen molar-refractivity contribution in [1.82, 2.24) is 10.2 Å². The Hall–Kier alpha value is -3.31. The van der Waals surface area contributed by atoms with Crippen molar-refractivity contribution in [3.8, 4) is 0 Å². The molecule has 2 aromatic carbocycles. The highest BCUT2D eigenvalue weighted by Gasteiger charge is 2.19. The molecular formula is C18H15N5O4S2. The number of carbonyl (C=O) groups is 2. The number of para-hydroxylation sites is 1. The van der Waals surface area contributed by atoms with Gasteiger partial charge in [0, 0.05) is 22.9 Å². The molecule has 0 aliphatic heterocycles. The summed E-state index contributed by atoms with van der Waals surface area (Å²) in [6.07, 6.45) is 0. The van der Waals surface area contributed by atoms with Gasteiger partial charge < -0.3 is 5.32 Å². The van der Waals surface area contributed by atoms with Crippen LogP contribution >= 0.6 is 23.1 Å². The molecule has 0 saturated carbocycles. The number of amides is 2. The van der Waals surface area contributed by atoms with E-state index in [1.165, 1.54) is 36.9 Å².